The molecule has 0 saturated carbocycles. The molecule has 1 amide bonds. The number of ether oxygens (including phenoxy) is 1. The van der Waals surface area contributed by atoms with Gasteiger partial charge in [0.2, 0.25) is 0 Å². The summed E-state index contributed by atoms with van der Waals surface area (Å²) in [5, 5.41) is 11.2. The van der Waals surface area contributed by atoms with E-state index in [2.05, 4.69) is 11.1 Å². The first-order valence-electron chi connectivity index (χ1n) is 6.81. The van der Waals surface area contributed by atoms with E-state index in [0.717, 1.165) is 16.3 Å². The third-order valence-corrected chi connectivity index (χ3v) is 4.30. The fourth-order valence-electron chi connectivity index (χ4n) is 1.97. The summed E-state index contributed by atoms with van der Waals surface area (Å²) in [4.78, 5) is 18.4. The van der Waals surface area contributed by atoms with Gasteiger partial charge in [0.15, 0.2) is 0 Å². The number of methoxy groups -OCH3 is 1. The standard InChI is InChI=1S/C16H17N3O2S/c1-11(8-9-17)19(2)16(20)13-10-22-15(18-13)12-6-4-5-7-14(12)21-3/h4-7,10-11H,8H2,1-3H3. The van der Waals surface area contributed by atoms with Gasteiger partial charge in [-0.05, 0) is 19.1 Å². The smallest absolute Gasteiger partial charge is 0.273 e. The van der Waals surface area contributed by atoms with E-state index in [1.165, 1.54) is 11.3 Å². The summed E-state index contributed by atoms with van der Waals surface area (Å²) in [6, 6.07) is 9.49. The quantitative estimate of drug-likeness (QED) is 0.850. The molecule has 1 aromatic carbocycles. The second kappa shape index (κ2) is 7.05. The number of aromatic nitrogens is 1. The van der Waals surface area contributed by atoms with Gasteiger partial charge >= 0.3 is 0 Å². The maximum atomic E-state index is 12.4. The van der Waals surface area contributed by atoms with Crippen molar-refractivity contribution >= 4 is 17.2 Å². The van der Waals surface area contributed by atoms with E-state index in [1.54, 1.807) is 24.4 Å². The first-order chi connectivity index (χ1) is 10.6. The summed E-state index contributed by atoms with van der Waals surface area (Å²) in [7, 11) is 3.29. The van der Waals surface area contributed by atoms with Crippen LogP contribution in [0.1, 0.15) is 23.8 Å². The van der Waals surface area contributed by atoms with Crippen molar-refractivity contribution in [3.05, 3.63) is 35.3 Å². The highest BCUT2D eigenvalue weighted by Crippen LogP contribution is 2.32. The SMILES string of the molecule is COc1ccccc1-c1nc(C(=O)N(C)C(C)CC#N)cs1. The molecule has 1 aromatic heterocycles. The van der Waals surface area contributed by atoms with E-state index in [0.29, 0.717) is 12.1 Å². The number of benzene rings is 1. The molecule has 1 heterocycles. The van der Waals surface area contributed by atoms with Gasteiger partial charge in [-0.3, -0.25) is 4.79 Å². The van der Waals surface area contributed by atoms with E-state index in [1.807, 2.05) is 31.2 Å². The molecule has 0 spiro atoms. The van der Waals surface area contributed by atoms with Crippen molar-refractivity contribution in [3.63, 3.8) is 0 Å². The average molecular weight is 315 g/mol. The summed E-state index contributed by atoms with van der Waals surface area (Å²) in [5.41, 5.74) is 1.25. The molecular formula is C16H17N3O2S. The Morgan fingerprint density at radius 3 is 2.91 bits per heavy atom. The van der Waals surface area contributed by atoms with Crippen LogP contribution < -0.4 is 4.74 Å². The van der Waals surface area contributed by atoms with Crippen molar-refractivity contribution in [2.45, 2.75) is 19.4 Å². The van der Waals surface area contributed by atoms with Crippen LogP contribution in [0, 0.1) is 11.3 Å². The number of thiazole rings is 1. The largest absolute Gasteiger partial charge is 0.496 e. The lowest BCUT2D eigenvalue weighted by Crippen LogP contribution is -2.35. The Hall–Kier alpha value is -2.39. The summed E-state index contributed by atoms with van der Waals surface area (Å²) in [5.74, 6) is 0.544. The van der Waals surface area contributed by atoms with Crippen LogP contribution in [-0.2, 0) is 0 Å². The third kappa shape index (κ3) is 3.26. The van der Waals surface area contributed by atoms with Gasteiger partial charge in [-0.15, -0.1) is 11.3 Å². The molecule has 0 aliphatic carbocycles. The normalized spacial score (nSPS) is 11.5. The van der Waals surface area contributed by atoms with Gasteiger partial charge in [-0.2, -0.15) is 5.26 Å². The van der Waals surface area contributed by atoms with Gasteiger partial charge in [-0.25, -0.2) is 4.98 Å². The molecule has 114 valence electrons. The molecule has 0 radical (unpaired) electrons. The minimum absolute atomic E-state index is 0.145. The zero-order chi connectivity index (χ0) is 16.1. The van der Waals surface area contributed by atoms with Crippen LogP contribution in [0.4, 0.5) is 0 Å². The van der Waals surface area contributed by atoms with Crippen molar-refractivity contribution < 1.29 is 9.53 Å². The highest BCUT2D eigenvalue weighted by Gasteiger charge is 2.20. The highest BCUT2D eigenvalue weighted by atomic mass is 32.1. The lowest BCUT2D eigenvalue weighted by atomic mass is 10.2. The predicted octanol–water partition coefficient (Wildman–Crippen LogP) is 3.19. The lowest BCUT2D eigenvalue weighted by Gasteiger charge is -2.21. The van der Waals surface area contributed by atoms with Crippen LogP contribution in [0.25, 0.3) is 10.6 Å². The molecule has 0 aliphatic heterocycles. The Balaban J connectivity index is 2.25. The molecule has 2 rings (SSSR count). The fourth-order valence-corrected chi connectivity index (χ4v) is 2.79. The number of nitriles is 1. The Kier molecular flexibility index (Phi) is 5.12. The minimum Gasteiger partial charge on any atom is -0.496 e. The number of carbonyl (C=O) groups is 1. The predicted molar refractivity (Wildman–Crippen MR) is 85.9 cm³/mol. The van der Waals surface area contributed by atoms with E-state index < -0.39 is 0 Å². The molecular weight excluding hydrogens is 298 g/mol. The van der Waals surface area contributed by atoms with Crippen LogP contribution in [0.2, 0.25) is 0 Å². The van der Waals surface area contributed by atoms with Crippen LogP contribution in [0.15, 0.2) is 29.6 Å². The molecule has 2 aromatic rings. The van der Waals surface area contributed by atoms with Crippen LogP contribution >= 0.6 is 11.3 Å². The molecule has 6 heteroatoms. The van der Waals surface area contributed by atoms with E-state index in [4.69, 9.17) is 10.00 Å². The van der Waals surface area contributed by atoms with Gasteiger partial charge in [-0.1, -0.05) is 12.1 Å². The number of nitrogens with zero attached hydrogens (tertiary/aromatic N) is 3. The Morgan fingerprint density at radius 2 is 2.23 bits per heavy atom. The Labute approximate surface area is 133 Å². The Bertz CT molecular complexity index is 705. The lowest BCUT2D eigenvalue weighted by molar-refractivity contribution is 0.0741. The van der Waals surface area contributed by atoms with Crippen molar-refractivity contribution in [1.29, 1.82) is 5.26 Å². The first kappa shape index (κ1) is 16.0. The van der Waals surface area contributed by atoms with Crippen molar-refractivity contribution in [3.8, 4) is 22.4 Å². The van der Waals surface area contributed by atoms with Gasteiger partial charge < -0.3 is 9.64 Å². The van der Waals surface area contributed by atoms with Crippen molar-refractivity contribution in [2.24, 2.45) is 0 Å². The highest BCUT2D eigenvalue weighted by molar-refractivity contribution is 7.13. The molecule has 0 saturated heterocycles. The number of hydrogen-bond acceptors (Lipinski definition) is 5. The van der Waals surface area contributed by atoms with Gasteiger partial charge in [0.1, 0.15) is 16.5 Å². The maximum Gasteiger partial charge on any atom is 0.273 e. The zero-order valence-electron chi connectivity index (χ0n) is 12.7. The summed E-state index contributed by atoms with van der Waals surface area (Å²) in [6.45, 7) is 1.84. The maximum absolute atomic E-state index is 12.4. The monoisotopic (exact) mass is 315 g/mol. The number of hydrogen-bond donors (Lipinski definition) is 0. The number of rotatable bonds is 5. The van der Waals surface area contributed by atoms with Gasteiger partial charge in [0, 0.05) is 18.5 Å². The average Bonchev–Trinajstić information content (AvgIpc) is 3.03. The molecule has 0 fully saturated rings. The number of carbonyl (C=O) groups excluding carboxylic acids is 1. The summed E-state index contributed by atoms with van der Waals surface area (Å²) < 4.78 is 5.32. The van der Waals surface area contributed by atoms with Crippen molar-refractivity contribution in [1.82, 2.24) is 9.88 Å². The zero-order valence-corrected chi connectivity index (χ0v) is 13.6. The topological polar surface area (TPSA) is 66.2 Å². The van der Waals surface area contributed by atoms with E-state index in [9.17, 15) is 4.79 Å². The second-order valence-electron chi connectivity index (χ2n) is 4.87. The minimum atomic E-state index is -0.180. The molecule has 22 heavy (non-hydrogen) atoms. The first-order valence-corrected chi connectivity index (χ1v) is 7.69. The molecule has 0 bridgehead atoms. The number of para-hydroxylation sites is 1. The molecule has 1 atom stereocenters. The van der Waals surface area contributed by atoms with Crippen LogP contribution in [0.5, 0.6) is 5.75 Å². The van der Waals surface area contributed by atoms with Gasteiger partial charge in [0.25, 0.3) is 5.91 Å². The van der Waals surface area contributed by atoms with Crippen LogP contribution in [-0.4, -0.2) is 36.0 Å². The van der Waals surface area contributed by atoms with Gasteiger partial charge in [0.05, 0.1) is 25.2 Å². The molecule has 0 aliphatic rings. The van der Waals surface area contributed by atoms with Crippen molar-refractivity contribution in [2.75, 3.05) is 14.2 Å². The number of amides is 1. The Morgan fingerprint density at radius 1 is 1.50 bits per heavy atom. The fraction of sp³-hybridized carbons (Fsp3) is 0.312. The molecule has 1 unspecified atom stereocenters. The summed E-state index contributed by atoms with van der Waals surface area (Å²) >= 11 is 1.40. The molecule has 5 nitrogen and oxygen atoms in total. The second-order valence-corrected chi connectivity index (χ2v) is 5.72. The molecule has 0 N–H and O–H groups in total. The third-order valence-electron chi connectivity index (χ3n) is 3.43. The van der Waals surface area contributed by atoms with E-state index >= 15 is 0 Å². The van der Waals surface area contributed by atoms with Crippen LogP contribution in [0.3, 0.4) is 0 Å². The van der Waals surface area contributed by atoms with E-state index in [-0.39, 0.29) is 11.9 Å². The summed E-state index contributed by atoms with van der Waals surface area (Å²) in [6.07, 6.45) is 0.297.